The first-order chi connectivity index (χ1) is 13.8. The largest absolute Gasteiger partial charge is 0.367 e. The third-order valence-corrected chi connectivity index (χ3v) is 5.65. The second-order valence-corrected chi connectivity index (χ2v) is 8.64. The van der Waals surface area contributed by atoms with Gasteiger partial charge in [0, 0.05) is 38.2 Å². The molecule has 3 aliphatic rings. The number of hydrogen-bond acceptors (Lipinski definition) is 4. The zero-order valence-electron chi connectivity index (χ0n) is 17.1. The number of hydrogen-bond donors (Lipinski definition) is 1. The number of carbonyl (C=O) groups is 2. The highest BCUT2D eigenvalue weighted by molar-refractivity contribution is 5.93. The lowest BCUT2D eigenvalue weighted by atomic mass is 9.89. The molecule has 152 valence electrons. The van der Waals surface area contributed by atoms with E-state index in [-0.39, 0.29) is 29.4 Å². The molecule has 3 heterocycles. The summed E-state index contributed by atoms with van der Waals surface area (Å²) in [6, 6.07) is 1.97. The van der Waals surface area contributed by atoms with Crippen molar-refractivity contribution in [2.75, 3.05) is 18.9 Å². The summed E-state index contributed by atoms with van der Waals surface area (Å²) in [6.45, 7) is 4.82. The summed E-state index contributed by atoms with van der Waals surface area (Å²) in [4.78, 5) is 30.1. The smallest absolute Gasteiger partial charge is 0.246 e. The van der Waals surface area contributed by atoms with Gasteiger partial charge in [-0.25, -0.2) is 4.98 Å². The molecule has 0 aromatic carbocycles. The lowest BCUT2D eigenvalue weighted by Crippen LogP contribution is -2.36. The van der Waals surface area contributed by atoms with E-state index in [1.807, 2.05) is 13.1 Å². The van der Waals surface area contributed by atoms with Crippen molar-refractivity contribution < 1.29 is 14.3 Å². The van der Waals surface area contributed by atoms with Gasteiger partial charge in [0.15, 0.2) is 0 Å². The van der Waals surface area contributed by atoms with Crippen molar-refractivity contribution in [3.8, 4) is 0 Å². The Balaban J connectivity index is 1.38. The quantitative estimate of drug-likeness (QED) is 0.798. The first-order valence-corrected chi connectivity index (χ1v) is 10.1. The Morgan fingerprint density at radius 3 is 3.07 bits per heavy atom. The SMILES string of the molecule is CN(CC1C=CC=C2CC(C)(C)OC21)C(=O)/C=C/c1cnc2c(c1)CCC(=O)N2. The molecule has 1 N–H and O–H groups in total. The highest BCUT2D eigenvalue weighted by Crippen LogP contribution is 2.40. The van der Waals surface area contributed by atoms with Crippen molar-refractivity contribution in [1.82, 2.24) is 9.88 Å². The van der Waals surface area contributed by atoms with Crippen LogP contribution in [0.5, 0.6) is 0 Å². The van der Waals surface area contributed by atoms with Gasteiger partial charge >= 0.3 is 0 Å². The van der Waals surface area contributed by atoms with Crippen molar-refractivity contribution in [3.05, 3.63) is 53.3 Å². The lowest BCUT2D eigenvalue weighted by Gasteiger charge is -2.29. The average molecular weight is 393 g/mol. The van der Waals surface area contributed by atoms with Gasteiger partial charge in [-0.3, -0.25) is 9.59 Å². The first-order valence-electron chi connectivity index (χ1n) is 10.1. The fourth-order valence-electron chi connectivity index (χ4n) is 4.22. The van der Waals surface area contributed by atoms with Gasteiger partial charge in [0.1, 0.15) is 5.82 Å². The van der Waals surface area contributed by atoms with E-state index in [4.69, 9.17) is 4.74 Å². The molecule has 0 radical (unpaired) electrons. The van der Waals surface area contributed by atoms with Crippen LogP contribution in [0.3, 0.4) is 0 Å². The van der Waals surface area contributed by atoms with E-state index in [1.165, 1.54) is 5.57 Å². The van der Waals surface area contributed by atoms with Crippen LogP contribution in [-0.2, 0) is 20.7 Å². The van der Waals surface area contributed by atoms with Crippen molar-refractivity contribution in [3.63, 3.8) is 0 Å². The number of carbonyl (C=O) groups excluding carboxylic acids is 2. The Hall–Kier alpha value is -2.73. The number of ether oxygens (including phenoxy) is 1. The molecule has 6 heteroatoms. The van der Waals surface area contributed by atoms with Crippen LogP contribution in [-0.4, -0.2) is 47.0 Å². The fraction of sp³-hybridized carbons (Fsp3) is 0.435. The number of nitrogens with one attached hydrogen (secondary N) is 1. The summed E-state index contributed by atoms with van der Waals surface area (Å²) in [5.41, 5.74) is 3.01. The number of likely N-dealkylation sites (N-methyl/N-ethyl adjacent to an activating group) is 1. The molecule has 2 atom stereocenters. The number of nitrogens with zero attached hydrogens (tertiary/aromatic N) is 2. The van der Waals surface area contributed by atoms with E-state index in [2.05, 4.69) is 42.4 Å². The number of fused-ring (bicyclic) bond motifs is 2. The molecule has 1 aromatic heterocycles. The number of rotatable bonds is 4. The van der Waals surface area contributed by atoms with E-state index >= 15 is 0 Å². The van der Waals surface area contributed by atoms with Crippen molar-refractivity contribution in [1.29, 1.82) is 0 Å². The second kappa shape index (κ2) is 7.59. The Bertz CT molecular complexity index is 929. The molecule has 4 rings (SSSR count). The molecule has 0 spiro atoms. The van der Waals surface area contributed by atoms with E-state index in [9.17, 15) is 9.59 Å². The molecule has 1 aromatic rings. The minimum absolute atomic E-state index is 0.00510. The maximum atomic E-state index is 12.6. The number of aryl methyl sites for hydroxylation is 1. The van der Waals surface area contributed by atoms with Gasteiger partial charge in [-0.05, 0) is 55.5 Å². The minimum atomic E-state index is -0.151. The fourth-order valence-corrected chi connectivity index (χ4v) is 4.22. The van der Waals surface area contributed by atoms with Gasteiger partial charge in [-0.15, -0.1) is 0 Å². The standard InChI is InChI=1S/C23H27N3O3/c1-23(2)12-17-5-4-6-18(21(17)29-23)14-26(3)20(28)10-7-15-11-16-8-9-19(27)25-22(16)24-13-15/h4-7,10-11,13,18,21H,8-9,12,14H2,1-3H3,(H,24,25,27)/b10-7+. The maximum Gasteiger partial charge on any atom is 0.246 e. The first kappa shape index (κ1) is 19.6. The summed E-state index contributed by atoms with van der Waals surface area (Å²) in [6.07, 6.45) is 13.5. The van der Waals surface area contributed by atoms with Gasteiger partial charge in [0.05, 0.1) is 11.7 Å². The van der Waals surface area contributed by atoms with Crippen molar-refractivity contribution in [2.45, 2.75) is 44.8 Å². The van der Waals surface area contributed by atoms with E-state index in [1.54, 1.807) is 23.2 Å². The van der Waals surface area contributed by atoms with Crippen LogP contribution in [0.2, 0.25) is 0 Å². The molecule has 0 saturated carbocycles. The molecular formula is C23H27N3O3. The number of aromatic nitrogens is 1. The van der Waals surface area contributed by atoms with E-state index < -0.39 is 0 Å². The lowest BCUT2D eigenvalue weighted by molar-refractivity contribution is -0.125. The van der Waals surface area contributed by atoms with Crippen molar-refractivity contribution in [2.24, 2.45) is 5.92 Å². The molecule has 0 bridgehead atoms. The predicted octanol–water partition coefficient (Wildman–Crippen LogP) is 3.12. The Morgan fingerprint density at radius 2 is 2.24 bits per heavy atom. The van der Waals surface area contributed by atoms with Gasteiger partial charge < -0.3 is 15.0 Å². The summed E-state index contributed by atoms with van der Waals surface area (Å²) in [5.74, 6) is 0.717. The maximum absolute atomic E-state index is 12.6. The third-order valence-electron chi connectivity index (χ3n) is 5.65. The van der Waals surface area contributed by atoms with Gasteiger partial charge in [-0.2, -0.15) is 0 Å². The summed E-state index contributed by atoms with van der Waals surface area (Å²) in [7, 11) is 1.82. The number of amides is 2. The second-order valence-electron chi connectivity index (χ2n) is 8.64. The summed E-state index contributed by atoms with van der Waals surface area (Å²) in [5, 5.41) is 2.77. The zero-order valence-corrected chi connectivity index (χ0v) is 17.1. The topological polar surface area (TPSA) is 71.5 Å². The zero-order chi connectivity index (χ0) is 20.6. The molecule has 2 amide bonds. The van der Waals surface area contributed by atoms with Crippen LogP contribution in [0.1, 0.15) is 37.8 Å². The highest BCUT2D eigenvalue weighted by Gasteiger charge is 2.40. The van der Waals surface area contributed by atoms with Gasteiger partial charge in [0.25, 0.3) is 0 Å². The third kappa shape index (κ3) is 4.32. The number of pyridine rings is 1. The number of anilines is 1. The summed E-state index contributed by atoms with van der Waals surface area (Å²) >= 11 is 0. The Morgan fingerprint density at radius 1 is 1.41 bits per heavy atom. The van der Waals surface area contributed by atoms with Gasteiger partial charge in [-0.1, -0.05) is 18.2 Å². The molecule has 29 heavy (non-hydrogen) atoms. The monoisotopic (exact) mass is 393 g/mol. The molecule has 1 fully saturated rings. The Labute approximate surface area is 171 Å². The van der Waals surface area contributed by atoms with E-state index in [0.29, 0.717) is 25.2 Å². The molecule has 6 nitrogen and oxygen atoms in total. The van der Waals surface area contributed by atoms with Gasteiger partial charge in [0.2, 0.25) is 11.8 Å². The van der Waals surface area contributed by atoms with Crippen LogP contribution in [0, 0.1) is 5.92 Å². The average Bonchev–Trinajstić information content (AvgIpc) is 3.01. The van der Waals surface area contributed by atoms with Crippen LogP contribution in [0.15, 0.2) is 42.1 Å². The Kier molecular flexibility index (Phi) is 5.13. The highest BCUT2D eigenvalue weighted by atomic mass is 16.5. The van der Waals surface area contributed by atoms with Crippen LogP contribution in [0.4, 0.5) is 5.82 Å². The summed E-state index contributed by atoms with van der Waals surface area (Å²) < 4.78 is 6.22. The van der Waals surface area contributed by atoms with E-state index in [0.717, 1.165) is 17.5 Å². The molecular weight excluding hydrogens is 366 g/mol. The molecule has 1 saturated heterocycles. The van der Waals surface area contributed by atoms with Crippen LogP contribution < -0.4 is 5.32 Å². The molecule has 1 aliphatic carbocycles. The van der Waals surface area contributed by atoms with Crippen LogP contribution in [0.25, 0.3) is 6.08 Å². The normalized spacial score (nSPS) is 24.7. The molecule has 2 aliphatic heterocycles. The predicted molar refractivity (Wildman–Crippen MR) is 112 cm³/mol. The van der Waals surface area contributed by atoms with Crippen LogP contribution >= 0.6 is 0 Å². The van der Waals surface area contributed by atoms with Crippen molar-refractivity contribution >= 4 is 23.7 Å². The molecule has 2 unspecified atom stereocenters. The minimum Gasteiger partial charge on any atom is -0.367 e. The number of allylic oxidation sites excluding steroid dienone is 2.